The number of nitrogens with one attached hydrogen (secondary N) is 1. The first-order valence-electron chi connectivity index (χ1n) is 6.80. The molecular formula is C14H17F3N2O3. The van der Waals surface area contributed by atoms with Gasteiger partial charge in [0.15, 0.2) is 0 Å². The number of likely N-dealkylation sites (tertiary alicyclic amines) is 1. The molecule has 1 heterocycles. The Bertz CT molecular complexity index is 528. The van der Waals surface area contributed by atoms with Crippen molar-refractivity contribution in [3.05, 3.63) is 29.8 Å². The SMILES string of the molecule is C[C@@H](O)CNC(=O)N1CC(Oc2cccc(C(F)(F)F)c2)C1. The number of amides is 2. The average molecular weight is 318 g/mol. The molecule has 2 amide bonds. The van der Waals surface area contributed by atoms with Crippen molar-refractivity contribution < 1.29 is 27.8 Å². The van der Waals surface area contributed by atoms with Crippen LogP contribution in [0.3, 0.4) is 0 Å². The summed E-state index contributed by atoms with van der Waals surface area (Å²) in [7, 11) is 0. The Hall–Kier alpha value is -1.96. The number of benzene rings is 1. The Morgan fingerprint density at radius 3 is 2.77 bits per heavy atom. The van der Waals surface area contributed by atoms with Gasteiger partial charge >= 0.3 is 12.2 Å². The minimum Gasteiger partial charge on any atom is -0.487 e. The number of hydrogen-bond donors (Lipinski definition) is 2. The lowest BCUT2D eigenvalue weighted by Crippen LogP contribution is -2.59. The molecule has 1 aromatic carbocycles. The molecule has 22 heavy (non-hydrogen) atoms. The van der Waals surface area contributed by atoms with Crippen LogP contribution in [0, 0.1) is 0 Å². The summed E-state index contributed by atoms with van der Waals surface area (Å²) in [6.45, 7) is 2.29. The summed E-state index contributed by atoms with van der Waals surface area (Å²) in [5.41, 5.74) is -0.768. The van der Waals surface area contributed by atoms with Crippen LogP contribution in [-0.2, 0) is 6.18 Å². The monoisotopic (exact) mass is 318 g/mol. The number of halogens is 3. The molecule has 0 bridgehead atoms. The Balaban J connectivity index is 1.82. The van der Waals surface area contributed by atoms with Gasteiger partial charge in [0.25, 0.3) is 0 Å². The van der Waals surface area contributed by atoms with Gasteiger partial charge in [-0.1, -0.05) is 6.07 Å². The first kappa shape index (κ1) is 16.4. The Morgan fingerprint density at radius 2 is 2.18 bits per heavy atom. The standard InChI is InChI=1S/C14H17F3N2O3/c1-9(20)6-18-13(21)19-7-12(8-19)22-11-4-2-3-10(5-11)14(15,16)17/h2-5,9,12,20H,6-8H2,1H3,(H,18,21)/t9-/m1/s1. The van der Waals surface area contributed by atoms with Crippen molar-refractivity contribution in [2.75, 3.05) is 19.6 Å². The van der Waals surface area contributed by atoms with Crippen molar-refractivity contribution in [3.8, 4) is 5.75 Å². The largest absolute Gasteiger partial charge is 0.487 e. The third-order valence-corrected chi connectivity index (χ3v) is 3.15. The summed E-state index contributed by atoms with van der Waals surface area (Å²) >= 11 is 0. The van der Waals surface area contributed by atoms with E-state index in [-0.39, 0.29) is 24.4 Å². The first-order chi connectivity index (χ1) is 10.3. The number of hydrogen-bond acceptors (Lipinski definition) is 3. The summed E-state index contributed by atoms with van der Waals surface area (Å²) in [6.07, 6.45) is -5.38. The van der Waals surface area contributed by atoms with E-state index in [4.69, 9.17) is 9.84 Å². The number of aliphatic hydroxyl groups excluding tert-OH is 1. The fourth-order valence-corrected chi connectivity index (χ4v) is 1.96. The number of rotatable bonds is 4. The molecule has 122 valence electrons. The number of alkyl halides is 3. The molecule has 0 saturated carbocycles. The van der Waals surface area contributed by atoms with Gasteiger partial charge in [0.2, 0.25) is 0 Å². The average Bonchev–Trinajstić information content (AvgIpc) is 2.39. The Labute approximate surface area is 125 Å². The molecule has 0 aliphatic carbocycles. The molecule has 1 aromatic rings. The second kappa shape index (κ2) is 6.43. The smallest absolute Gasteiger partial charge is 0.416 e. The summed E-state index contributed by atoms with van der Waals surface area (Å²) in [5, 5.41) is 11.6. The molecule has 1 aliphatic rings. The van der Waals surface area contributed by atoms with Gasteiger partial charge < -0.3 is 20.1 Å². The maximum atomic E-state index is 12.6. The molecule has 1 saturated heterocycles. The number of nitrogens with zero attached hydrogens (tertiary/aromatic N) is 1. The van der Waals surface area contributed by atoms with Crippen LogP contribution in [-0.4, -0.2) is 47.9 Å². The predicted octanol–water partition coefficient (Wildman–Crippen LogP) is 1.86. The minimum absolute atomic E-state index is 0.129. The van der Waals surface area contributed by atoms with Crippen LogP contribution in [0.2, 0.25) is 0 Å². The molecular weight excluding hydrogens is 301 g/mol. The molecule has 1 fully saturated rings. The number of ether oxygens (including phenoxy) is 1. The van der Waals surface area contributed by atoms with Crippen LogP contribution in [0.15, 0.2) is 24.3 Å². The predicted molar refractivity (Wildman–Crippen MR) is 72.5 cm³/mol. The zero-order valence-electron chi connectivity index (χ0n) is 11.9. The van der Waals surface area contributed by atoms with Gasteiger partial charge in [-0.25, -0.2) is 4.79 Å². The molecule has 0 aromatic heterocycles. The van der Waals surface area contributed by atoms with Gasteiger partial charge in [0.05, 0.1) is 24.8 Å². The molecule has 2 rings (SSSR count). The molecule has 1 aliphatic heterocycles. The summed E-state index contributed by atoms with van der Waals surface area (Å²) in [4.78, 5) is 13.1. The Kier molecular flexibility index (Phi) is 4.80. The number of carbonyl (C=O) groups excluding carboxylic acids is 1. The molecule has 1 atom stereocenters. The van der Waals surface area contributed by atoms with E-state index in [0.29, 0.717) is 13.1 Å². The van der Waals surface area contributed by atoms with E-state index in [1.54, 1.807) is 6.92 Å². The van der Waals surface area contributed by atoms with Gasteiger partial charge in [-0.15, -0.1) is 0 Å². The highest BCUT2D eigenvalue weighted by Gasteiger charge is 2.34. The molecule has 5 nitrogen and oxygen atoms in total. The molecule has 2 N–H and O–H groups in total. The zero-order chi connectivity index (χ0) is 16.3. The minimum atomic E-state index is -4.41. The maximum absolute atomic E-state index is 12.6. The van der Waals surface area contributed by atoms with Crippen LogP contribution in [0.1, 0.15) is 12.5 Å². The van der Waals surface area contributed by atoms with E-state index in [1.165, 1.54) is 17.0 Å². The molecule has 0 spiro atoms. The van der Waals surface area contributed by atoms with E-state index in [1.807, 2.05) is 0 Å². The van der Waals surface area contributed by atoms with Crippen LogP contribution in [0.25, 0.3) is 0 Å². The highest BCUT2D eigenvalue weighted by atomic mass is 19.4. The normalized spacial score (nSPS) is 16.9. The number of aliphatic hydroxyl groups is 1. The highest BCUT2D eigenvalue weighted by Crippen LogP contribution is 2.31. The van der Waals surface area contributed by atoms with Crippen molar-refractivity contribution in [2.24, 2.45) is 0 Å². The first-order valence-corrected chi connectivity index (χ1v) is 6.80. The van der Waals surface area contributed by atoms with E-state index in [0.717, 1.165) is 12.1 Å². The lowest BCUT2D eigenvalue weighted by atomic mass is 10.1. The number of urea groups is 1. The topological polar surface area (TPSA) is 61.8 Å². The Morgan fingerprint density at radius 1 is 1.50 bits per heavy atom. The summed E-state index contributed by atoms with van der Waals surface area (Å²) < 4.78 is 43.2. The van der Waals surface area contributed by atoms with Crippen LogP contribution in [0.5, 0.6) is 5.75 Å². The second-order valence-electron chi connectivity index (χ2n) is 5.21. The third-order valence-electron chi connectivity index (χ3n) is 3.15. The van der Waals surface area contributed by atoms with E-state index in [9.17, 15) is 18.0 Å². The molecule has 0 unspecified atom stereocenters. The van der Waals surface area contributed by atoms with Gasteiger partial charge in [-0.05, 0) is 25.1 Å². The van der Waals surface area contributed by atoms with Crippen LogP contribution >= 0.6 is 0 Å². The number of carbonyl (C=O) groups is 1. The second-order valence-corrected chi connectivity index (χ2v) is 5.21. The lowest BCUT2D eigenvalue weighted by molar-refractivity contribution is -0.137. The van der Waals surface area contributed by atoms with Crippen molar-refractivity contribution in [3.63, 3.8) is 0 Å². The fraction of sp³-hybridized carbons (Fsp3) is 0.500. The van der Waals surface area contributed by atoms with Crippen molar-refractivity contribution in [1.82, 2.24) is 10.2 Å². The molecule has 0 radical (unpaired) electrons. The van der Waals surface area contributed by atoms with Crippen LogP contribution < -0.4 is 10.1 Å². The summed E-state index contributed by atoms with van der Waals surface area (Å²) in [5.74, 6) is 0.129. The third kappa shape index (κ3) is 4.27. The fourth-order valence-electron chi connectivity index (χ4n) is 1.96. The van der Waals surface area contributed by atoms with Gasteiger partial charge in [-0.3, -0.25) is 0 Å². The van der Waals surface area contributed by atoms with Gasteiger partial charge in [0, 0.05) is 6.54 Å². The maximum Gasteiger partial charge on any atom is 0.416 e. The van der Waals surface area contributed by atoms with Crippen LogP contribution in [0.4, 0.5) is 18.0 Å². The van der Waals surface area contributed by atoms with Gasteiger partial charge in [-0.2, -0.15) is 13.2 Å². The van der Waals surface area contributed by atoms with E-state index < -0.39 is 17.8 Å². The van der Waals surface area contributed by atoms with E-state index >= 15 is 0 Å². The van der Waals surface area contributed by atoms with Crippen molar-refractivity contribution >= 4 is 6.03 Å². The zero-order valence-corrected chi connectivity index (χ0v) is 11.9. The van der Waals surface area contributed by atoms with Crippen molar-refractivity contribution in [1.29, 1.82) is 0 Å². The molecule has 8 heteroatoms. The lowest BCUT2D eigenvalue weighted by Gasteiger charge is -2.38. The highest BCUT2D eigenvalue weighted by molar-refractivity contribution is 5.75. The summed E-state index contributed by atoms with van der Waals surface area (Å²) in [6, 6.07) is 4.32. The quantitative estimate of drug-likeness (QED) is 0.891. The van der Waals surface area contributed by atoms with E-state index in [2.05, 4.69) is 5.32 Å². The van der Waals surface area contributed by atoms with Gasteiger partial charge in [0.1, 0.15) is 11.9 Å². The van der Waals surface area contributed by atoms with Crippen molar-refractivity contribution in [2.45, 2.75) is 25.3 Å².